The molecule has 1 saturated carbocycles. The van der Waals surface area contributed by atoms with Gasteiger partial charge in [-0.2, -0.15) is 0 Å². The number of carbonyl (C=O) groups is 1. The summed E-state index contributed by atoms with van der Waals surface area (Å²) in [6.07, 6.45) is 3.67. The Morgan fingerprint density at radius 3 is 2.88 bits per heavy atom. The summed E-state index contributed by atoms with van der Waals surface area (Å²) in [6, 6.07) is 0.320. The first kappa shape index (κ1) is 13.4. The lowest BCUT2D eigenvalue weighted by atomic mass is 10.0. The highest BCUT2D eigenvalue weighted by Gasteiger charge is 2.28. The third-order valence-electron chi connectivity index (χ3n) is 3.34. The Morgan fingerprint density at radius 1 is 1.56 bits per heavy atom. The Hall–Kier alpha value is -0.650. The van der Waals surface area contributed by atoms with E-state index >= 15 is 0 Å². The van der Waals surface area contributed by atoms with Crippen LogP contribution < -0.4 is 16.4 Å². The maximum atomic E-state index is 11.2. The first-order valence-electron chi connectivity index (χ1n) is 5.98. The highest BCUT2D eigenvalue weighted by atomic mass is 16.3. The standard InChI is InChI=1S/C11H23N3O2/c1-13-11(16)5-9(6-12)14-10-4-2-3-8(10)7-15/h8-10,14-15H,2-7,12H2,1H3,(H,13,16). The summed E-state index contributed by atoms with van der Waals surface area (Å²) in [7, 11) is 1.63. The van der Waals surface area contributed by atoms with Crippen LogP contribution in [-0.2, 0) is 4.79 Å². The molecule has 0 aromatic heterocycles. The average molecular weight is 229 g/mol. The maximum Gasteiger partial charge on any atom is 0.221 e. The highest BCUT2D eigenvalue weighted by molar-refractivity contribution is 5.76. The van der Waals surface area contributed by atoms with Crippen LogP contribution in [0.4, 0.5) is 0 Å². The fraction of sp³-hybridized carbons (Fsp3) is 0.909. The van der Waals surface area contributed by atoms with Crippen molar-refractivity contribution in [2.75, 3.05) is 20.2 Å². The van der Waals surface area contributed by atoms with Crippen molar-refractivity contribution in [1.29, 1.82) is 0 Å². The van der Waals surface area contributed by atoms with Crippen LogP contribution in [0.1, 0.15) is 25.7 Å². The highest BCUT2D eigenvalue weighted by Crippen LogP contribution is 2.25. The minimum Gasteiger partial charge on any atom is -0.396 e. The molecule has 1 aliphatic carbocycles. The number of hydrogen-bond acceptors (Lipinski definition) is 4. The smallest absolute Gasteiger partial charge is 0.221 e. The molecular weight excluding hydrogens is 206 g/mol. The van der Waals surface area contributed by atoms with Crippen LogP contribution in [0, 0.1) is 5.92 Å². The zero-order chi connectivity index (χ0) is 12.0. The minimum absolute atomic E-state index is 0.00138. The van der Waals surface area contributed by atoms with Gasteiger partial charge in [-0.15, -0.1) is 0 Å². The third-order valence-corrected chi connectivity index (χ3v) is 3.34. The Morgan fingerprint density at radius 2 is 2.31 bits per heavy atom. The van der Waals surface area contributed by atoms with Crippen LogP contribution in [0.3, 0.4) is 0 Å². The minimum atomic E-state index is 0.00138. The molecule has 0 aromatic rings. The number of rotatable bonds is 6. The van der Waals surface area contributed by atoms with Crippen molar-refractivity contribution >= 4 is 5.91 Å². The van der Waals surface area contributed by atoms with E-state index in [1.54, 1.807) is 7.05 Å². The van der Waals surface area contributed by atoms with Crippen LogP contribution in [0.5, 0.6) is 0 Å². The predicted molar refractivity (Wildman–Crippen MR) is 62.9 cm³/mol. The number of carbonyl (C=O) groups excluding carboxylic acids is 1. The summed E-state index contributed by atoms with van der Waals surface area (Å²) in [5.41, 5.74) is 5.64. The number of aliphatic hydroxyl groups excluding tert-OH is 1. The lowest BCUT2D eigenvalue weighted by Crippen LogP contribution is -2.47. The molecule has 1 amide bonds. The molecule has 1 rings (SSSR count). The molecule has 0 heterocycles. The summed E-state index contributed by atoms with van der Waals surface area (Å²) in [5.74, 6) is 0.320. The second-order valence-electron chi connectivity index (χ2n) is 4.46. The molecule has 16 heavy (non-hydrogen) atoms. The van der Waals surface area contributed by atoms with Crippen molar-refractivity contribution in [3.05, 3.63) is 0 Å². The van der Waals surface area contributed by atoms with E-state index in [1.165, 1.54) is 0 Å². The van der Waals surface area contributed by atoms with Gasteiger partial charge >= 0.3 is 0 Å². The quantitative estimate of drug-likeness (QED) is 0.480. The number of aliphatic hydroxyl groups is 1. The molecule has 3 atom stereocenters. The van der Waals surface area contributed by atoms with Crippen molar-refractivity contribution in [2.45, 2.75) is 37.8 Å². The lowest BCUT2D eigenvalue weighted by molar-refractivity contribution is -0.121. The van der Waals surface area contributed by atoms with E-state index in [1.807, 2.05) is 0 Å². The Labute approximate surface area is 96.8 Å². The van der Waals surface area contributed by atoms with Gasteiger partial charge in [0.25, 0.3) is 0 Å². The molecule has 94 valence electrons. The molecule has 0 spiro atoms. The van der Waals surface area contributed by atoms with Gasteiger partial charge in [0.1, 0.15) is 0 Å². The SMILES string of the molecule is CNC(=O)CC(CN)NC1CCCC1CO. The van der Waals surface area contributed by atoms with E-state index in [2.05, 4.69) is 10.6 Å². The molecule has 1 fully saturated rings. The predicted octanol–water partition coefficient (Wildman–Crippen LogP) is -0.800. The van der Waals surface area contributed by atoms with E-state index in [-0.39, 0.29) is 18.6 Å². The monoisotopic (exact) mass is 229 g/mol. The van der Waals surface area contributed by atoms with Crippen LogP contribution in [0.2, 0.25) is 0 Å². The summed E-state index contributed by atoms with van der Waals surface area (Å²) < 4.78 is 0. The van der Waals surface area contributed by atoms with Gasteiger partial charge in [0, 0.05) is 38.7 Å². The van der Waals surface area contributed by atoms with Crippen LogP contribution in [0.15, 0.2) is 0 Å². The first-order valence-corrected chi connectivity index (χ1v) is 5.98. The second kappa shape index (κ2) is 6.83. The molecule has 0 aliphatic heterocycles. The van der Waals surface area contributed by atoms with Gasteiger partial charge in [-0.25, -0.2) is 0 Å². The van der Waals surface area contributed by atoms with E-state index in [0.29, 0.717) is 24.9 Å². The van der Waals surface area contributed by atoms with Crippen molar-refractivity contribution in [1.82, 2.24) is 10.6 Å². The summed E-state index contributed by atoms with van der Waals surface area (Å²) >= 11 is 0. The molecule has 1 aliphatic rings. The number of hydrogen-bond donors (Lipinski definition) is 4. The largest absolute Gasteiger partial charge is 0.396 e. The normalized spacial score (nSPS) is 26.7. The Bertz CT molecular complexity index is 223. The van der Waals surface area contributed by atoms with Gasteiger partial charge in [0.2, 0.25) is 5.91 Å². The molecule has 0 bridgehead atoms. The Balaban J connectivity index is 2.39. The molecule has 3 unspecified atom stereocenters. The number of nitrogens with two attached hydrogens (primary N) is 1. The second-order valence-corrected chi connectivity index (χ2v) is 4.46. The van der Waals surface area contributed by atoms with Gasteiger partial charge in [0.05, 0.1) is 0 Å². The van der Waals surface area contributed by atoms with Gasteiger partial charge < -0.3 is 21.5 Å². The maximum absolute atomic E-state index is 11.2. The van der Waals surface area contributed by atoms with E-state index in [0.717, 1.165) is 19.3 Å². The van der Waals surface area contributed by atoms with Crippen molar-refractivity contribution in [3.63, 3.8) is 0 Å². The lowest BCUT2D eigenvalue weighted by Gasteiger charge is -2.25. The van der Waals surface area contributed by atoms with E-state index in [9.17, 15) is 9.90 Å². The van der Waals surface area contributed by atoms with E-state index < -0.39 is 0 Å². The molecule has 0 saturated heterocycles. The van der Waals surface area contributed by atoms with Gasteiger partial charge in [-0.05, 0) is 18.8 Å². The molecular formula is C11H23N3O2. The number of nitrogens with one attached hydrogen (secondary N) is 2. The number of amides is 1. The molecule has 0 aromatic carbocycles. The zero-order valence-corrected chi connectivity index (χ0v) is 9.91. The first-order chi connectivity index (χ1) is 7.71. The Kier molecular flexibility index (Phi) is 5.73. The molecule has 5 heteroatoms. The van der Waals surface area contributed by atoms with Crippen LogP contribution in [-0.4, -0.2) is 43.3 Å². The van der Waals surface area contributed by atoms with Gasteiger partial charge in [0.15, 0.2) is 0 Å². The van der Waals surface area contributed by atoms with Gasteiger partial charge in [-0.3, -0.25) is 4.79 Å². The summed E-state index contributed by atoms with van der Waals surface area (Å²) in [4.78, 5) is 11.2. The zero-order valence-electron chi connectivity index (χ0n) is 9.91. The van der Waals surface area contributed by atoms with Crippen LogP contribution >= 0.6 is 0 Å². The molecule has 5 nitrogen and oxygen atoms in total. The van der Waals surface area contributed by atoms with Crippen molar-refractivity contribution < 1.29 is 9.90 Å². The fourth-order valence-corrected chi connectivity index (χ4v) is 2.31. The molecule has 0 radical (unpaired) electrons. The van der Waals surface area contributed by atoms with Crippen molar-refractivity contribution in [3.8, 4) is 0 Å². The van der Waals surface area contributed by atoms with Crippen LogP contribution in [0.25, 0.3) is 0 Å². The van der Waals surface area contributed by atoms with Gasteiger partial charge in [-0.1, -0.05) is 6.42 Å². The topological polar surface area (TPSA) is 87.4 Å². The summed E-state index contributed by atoms with van der Waals surface area (Å²) in [5, 5.41) is 15.2. The van der Waals surface area contributed by atoms with Crippen molar-refractivity contribution in [2.24, 2.45) is 11.7 Å². The fourth-order valence-electron chi connectivity index (χ4n) is 2.31. The average Bonchev–Trinajstić information content (AvgIpc) is 2.75. The third kappa shape index (κ3) is 3.73. The molecule has 5 N–H and O–H groups in total. The van der Waals surface area contributed by atoms with E-state index in [4.69, 9.17) is 5.73 Å². The summed E-state index contributed by atoms with van der Waals surface area (Å²) in [6.45, 7) is 0.664.